The summed E-state index contributed by atoms with van der Waals surface area (Å²) in [6, 6.07) is 0.0456. The molecule has 0 aromatic heterocycles. The average molecular weight is 227 g/mol. The molecule has 0 aromatic rings. The summed E-state index contributed by atoms with van der Waals surface area (Å²) in [7, 11) is 0. The van der Waals surface area contributed by atoms with Gasteiger partial charge in [-0.2, -0.15) is 0 Å². The summed E-state index contributed by atoms with van der Waals surface area (Å²) in [5, 5.41) is 9.13. The number of rotatable bonds is 3. The van der Waals surface area contributed by atoms with Gasteiger partial charge < -0.3 is 9.84 Å². The highest BCUT2D eigenvalue weighted by molar-refractivity contribution is 5.73. The van der Waals surface area contributed by atoms with Crippen molar-refractivity contribution in [2.75, 3.05) is 19.8 Å². The van der Waals surface area contributed by atoms with Gasteiger partial charge in [-0.15, -0.1) is 0 Å². The molecule has 0 bridgehead atoms. The number of nitrogens with zero attached hydrogens (tertiary/aromatic N) is 1. The second-order valence-corrected chi connectivity index (χ2v) is 5.30. The number of ether oxygens (including phenoxy) is 1. The first kappa shape index (κ1) is 11.9. The van der Waals surface area contributed by atoms with Gasteiger partial charge >= 0.3 is 5.97 Å². The highest BCUT2D eigenvalue weighted by Gasteiger charge is 2.41. The Morgan fingerprint density at radius 1 is 1.44 bits per heavy atom. The number of hydrogen-bond acceptors (Lipinski definition) is 3. The van der Waals surface area contributed by atoms with Gasteiger partial charge in [0, 0.05) is 12.6 Å². The van der Waals surface area contributed by atoms with Gasteiger partial charge in [-0.25, -0.2) is 0 Å². The molecule has 0 aromatic carbocycles. The summed E-state index contributed by atoms with van der Waals surface area (Å²) in [5.41, 5.74) is 0. The number of carboxylic acids is 1. The zero-order valence-corrected chi connectivity index (χ0v) is 10.1. The predicted octanol–water partition coefficient (Wildman–Crippen LogP) is 1.21. The number of morpholine rings is 1. The van der Waals surface area contributed by atoms with Crippen molar-refractivity contribution < 1.29 is 14.6 Å². The molecule has 1 saturated heterocycles. The Bertz CT molecular complexity index is 261. The second kappa shape index (κ2) is 4.72. The molecular weight excluding hydrogens is 206 g/mol. The van der Waals surface area contributed by atoms with Crippen LogP contribution in [0.2, 0.25) is 0 Å². The highest BCUT2D eigenvalue weighted by atomic mass is 16.5. The molecule has 0 spiro atoms. The van der Waals surface area contributed by atoms with Crippen molar-refractivity contribution in [1.82, 2.24) is 4.90 Å². The van der Waals surface area contributed by atoms with Crippen molar-refractivity contribution in [3.05, 3.63) is 0 Å². The normalized spacial score (nSPS) is 36.1. The van der Waals surface area contributed by atoms with E-state index in [1.165, 1.54) is 0 Å². The van der Waals surface area contributed by atoms with Gasteiger partial charge in [0.15, 0.2) is 0 Å². The molecule has 2 rings (SSSR count). The Labute approximate surface area is 96.6 Å². The molecule has 0 radical (unpaired) electrons. The Morgan fingerprint density at radius 3 is 2.69 bits per heavy atom. The highest BCUT2D eigenvalue weighted by Crippen LogP contribution is 2.38. The summed E-state index contributed by atoms with van der Waals surface area (Å²) in [6.45, 7) is 6.28. The quantitative estimate of drug-likeness (QED) is 0.787. The standard InChI is InChI=1S/C12H21NO3/c1-8(2)9-5-10(6-9)13-3-4-16-7-11(13)12(14)15/h8-11H,3-7H2,1-2H3,(H,14,15). The van der Waals surface area contributed by atoms with Gasteiger partial charge in [0.1, 0.15) is 6.04 Å². The van der Waals surface area contributed by atoms with Gasteiger partial charge in [-0.3, -0.25) is 9.69 Å². The van der Waals surface area contributed by atoms with Gasteiger partial charge in [0.2, 0.25) is 0 Å². The van der Waals surface area contributed by atoms with Gasteiger partial charge in [0.25, 0.3) is 0 Å². The van der Waals surface area contributed by atoms with Crippen LogP contribution < -0.4 is 0 Å². The molecule has 1 heterocycles. The van der Waals surface area contributed by atoms with Crippen LogP contribution in [0.15, 0.2) is 0 Å². The minimum atomic E-state index is -0.743. The molecule has 1 atom stereocenters. The molecule has 92 valence electrons. The summed E-state index contributed by atoms with van der Waals surface area (Å²) in [5.74, 6) is 0.760. The van der Waals surface area contributed by atoms with Crippen LogP contribution in [0.5, 0.6) is 0 Å². The van der Waals surface area contributed by atoms with Gasteiger partial charge in [0.05, 0.1) is 13.2 Å². The largest absolute Gasteiger partial charge is 0.480 e. The molecule has 0 amide bonds. The predicted molar refractivity (Wildman–Crippen MR) is 60.3 cm³/mol. The summed E-state index contributed by atoms with van der Waals surface area (Å²) >= 11 is 0. The van der Waals surface area contributed by atoms with Crippen molar-refractivity contribution in [2.45, 2.75) is 38.8 Å². The maximum atomic E-state index is 11.1. The third-order valence-corrected chi connectivity index (χ3v) is 4.02. The zero-order valence-electron chi connectivity index (χ0n) is 10.1. The summed E-state index contributed by atoms with van der Waals surface area (Å²) in [6.07, 6.45) is 2.31. The summed E-state index contributed by atoms with van der Waals surface area (Å²) in [4.78, 5) is 13.2. The molecule has 4 nitrogen and oxygen atoms in total. The molecule has 1 unspecified atom stereocenters. The van der Waals surface area contributed by atoms with Crippen molar-refractivity contribution in [1.29, 1.82) is 0 Å². The Kier molecular flexibility index (Phi) is 3.50. The smallest absolute Gasteiger partial charge is 0.323 e. The van der Waals surface area contributed by atoms with Crippen molar-refractivity contribution >= 4 is 5.97 Å². The molecule has 4 heteroatoms. The first-order valence-electron chi connectivity index (χ1n) is 6.16. The van der Waals surface area contributed by atoms with E-state index in [9.17, 15) is 4.79 Å². The van der Waals surface area contributed by atoms with E-state index >= 15 is 0 Å². The Hall–Kier alpha value is -0.610. The topological polar surface area (TPSA) is 49.8 Å². The molecule has 1 saturated carbocycles. The van der Waals surface area contributed by atoms with E-state index in [4.69, 9.17) is 9.84 Å². The van der Waals surface area contributed by atoms with Crippen molar-refractivity contribution in [3.63, 3.8) is 0 Å². The van der Waals surface area contributed by atoms with Crippen LogP contribution >= 0.6 is 0 Å². The summed E-state index contributed by atoms with van der Waals surface area (Å²) < 4.78 is 5.24. The zero-order chi connectivity index (χ0) is 11.7. The van der Waals surface area contributed by atoms with E-state index in [0.717, 1.165) is 31.2 Å². The third-order valence-electron chi connectivity index (χ3n) is 4.02. The fourth-order valence-corrected chi connectivity index (χ4v) is 2.71. The third kappa shape index (κ3) is 2.23. The second-order valence-electron chi connectivity index (χ2n) is 5.30. The molecule has 1 aliphatic carbocycles. The molecule has 1 N–H and O–H groups in total. The number of aliphatic carboxylic acids is 1. The first-order valence-corrected chi connectivity index (χ1v) is 6.16. The van der Waals surface area contributed by atoms with Gasteiger partial charge in [-0.1, -0.05) is 13.8 Å². The lowest BCUT2D eigenvalue weighted by Gasteiger charge is -2.48. The van der Waals surface area contributed by atoms with Crippen molar-refractivity contribution in [2.24, 2.45) is 11.8 Å². The SMILES string of the molecule is CC(C)C1CC(N2CCOCC2C(=O)O)C1. The van der Waals surface area contributed by atoms with Crippen molar-refractivity contribution in [3.8, 4) is 0 Å². The molecule has 2 fully saturated rings. The van der Waals surface area contributed by atoms with E-state index in [-0.39, 0.29) is 0 Å². The molecule has 2 aliphatic rings. The monoisotopic (exact) mass is 227 g/mol. The Balaban J connectivity index is 1.90. The van der Waals surface area contributed by atoms with Crippen LogP contribution in [-0.4, -0.2) is 47.8 Å². The lowest BCUT2D eigenvalue weighted by Crippen LogP contribution is -2.58. The van der Waals surface area contributed by atoms with Crippen LogP contribution in [0.1, 0.15) is 26.7 Å². The minimum Gasteiger partial charge on any atom is -0.480 e. The maximum absolute atomic E-state index is 11.1. The molecule has 16 heavy (non-hydrogen) atoms. The maximum Gasteiger partial charge on any atom is 0.323 e. The van der Waals surface area contributed by atoms with Crippen LogP contribution in [0.3, 0.4) is 0 Å². The van der Waals surface area contributed by atoms with Crippen LogP contribution in [-0.2, 0) is 9.53 Å². The minimum absolute atomic E-state index is 0.345. The first-order chi connectivity index (χ1) is 7.59. The van der Waals surface area contributed by atoms with E-state index in [1.54, 1.807) is 0 Å². The lowest BCUT2D eigenvalue weighted by molar-refractivity contribution is -0.154. The fraction of sp³-hybridized carbons (Fsp3) is 0.917. The van der Waals surface area contributed by atoms with E-state index in [1.807, 2.05) is 0 Å². The van der Waals surface area contributed by atoms with Crippen LogP contribution in [0.4, 0.5) is 0 Å². The number of carbonyl (C=O) groups is 1. The van der Waals surface area contributed by atoms with Gasteiger partial charge in [-0.05, 0) is 24.7 Å². The lowest BCUT2D eigenvalue weighted by atomic mass is 9.72. The number of hydrogen-bond donors (Lipinski definition) is 1. The number of carboxylic acid groups (broad SMARTS) is 1. The van der Waals surface area contributed by atoms with E-state index < -0.39 is 12.0 Å². The van der Waals surface area contributed by atoms with Crippen LogP contribution in [0, 0.1) is 11.8 Å². The molecular formula is C12H21NO3. The average Bonchev–Trinajstić information content (AvgIpc) is 2.15. The van der Waals surface area contributed by atoms with E-state index in [2.05, 4.69) is 18.7 Å². The fourth-order valence-electron chi connectivity index (χ4n) is 2.71. The van der Waals surface area contributed by atoms with Crippen LogP contribution in [0.25, 0.3) is 0 Å². The van der Waals surface area contributed by atoms with E-state index in [0.29, 0.717) is 19.3 Å². The molecule has 1 aliphatic heterocycles. The Morgan fingerprint density at radius 2 is 2.12 bits per heavy atom.